The molecule has 0 bridgehead atoms. The molecule has 0 N–H and O–H groups in total. The van der Waals surface area contributed by atoms with Gasteiger partial charge in [0, 0.05) is 36.3 Å². The van der Waals surface area contributed by atoms with Crippen LogP contribution in [-0.2, 0) is 16.4 Å². The monoisotopic (exact) mass is 336 g/mol. The second-order valence-corrected chi connectivity index (χ2v) is 8.83. The van der Waals surface area contributed by atoms with Crippen molar-refractivity contribution in [1.29, 1.82) is 0 Å². The van der Waals surface area contributed by atoms with Crippen molar-refractivity contribution >= 4 is 21.2 Å². The van der Waals surface area contributed by atoms with Crippen molar-refractivity contribution in [2.75, 3.05) is 19.3 Å². The Morgan fingerprint density at radius 2 is 2.23 bits per heavy atom. The molecule has 3 heterocycles. The molecule has 0 unspecified atom stereocenters. The van der Waals surface area contributed by atoms with E-state index in [2.05, 4.69) is 27.4 Å². The second-order valence-electron chi connectivity index (χ2n) is 5.81. The van der Waals surface area contributed by atoms with Crippen molar-refractivity contribution in [2.45, 2.75) is 30.2 Å². The maximum absolute atomic E-state index is 12.0. The smallest absolute Gasteiger partial charge is 0.177 e. The first-order valence-corrected chi connectivity index (χ1v) is 10.2. The first kappa shape index (κ1) is 15.6. The first-order valence-electron chi connectivity index (χ1n) is 7.44. The standard InChI is InChI=1S/C16H20N2O2S2/c1-22(19,20)15-7-2-8-17-16(15)13-5-3-9-18(11-13)12-14-6-4-10-21-14/h2,4,6-8,10,13H,3,5,9,11-12H2,1H3/t13-/m1/s1. The van der Waals surface area contributed by atoms with E-state index < -0.39 is 9.84 Å². The number of hydrogen-bond donors (Lipinski definition) is 0. The summed E-state index contributed by atoms with van der Waals surface area (Å²) in [5.74, 6) is 0.194. The van der Waals surface area contributed by atoms with Crippen LogP contribution in [0, 0.1) is 0 Å². The Balaban J connectivity index is 1.80. The fourth-order valence-electron chi connectivity index (χ4n) is 3.07. The molecule has 4 nitrogen and oxygen atoms in total. The number of likely N-dealkylation sites (tertiary alicyclic amines) is 1. The lowest BCUT2D eigenvalue weighted by Gasteiger charge is -2.32. The van der Waals surface area contributed by atoms with Crippen LogP contribution >= 0.6 is 11.3 Å². The molecule has 0 spiro atoms. The van der Waals surface area contributed by atoms with Crippen molar-refractivity contribution in [2.24, 2.45) is 0 Å². The first-order chi connectivity index (χ1) is 10.5. The average molecular weight is 336 g/mol. The van der Waals surface area contributed by atoms with Gasteiger partial charge in [0.2, 0.25) is 0 Å². The zero-order valence-electron chi connectivity index (χ0n) is 12.6. The van der Waals surface area contributed by atoms with Crippen LogP contribution in [-0.4, -0.2) is 37.6 Å². The summed E-state index contributed by atoms with van der Waals surface area (Å²) in [4.78, 5) is 8.54. The summed E-state index contributed by atoms with van der Waals surface area (Å²) in [5.41, 5.74) is 0.737. The summed E-state index contributed by atoms with van der Waals surface area (Å²) in [6.07, 6.45) is 5.04. The van der Waals surface area contributed by atoms with Crippen LogP contribution in [0.1, 0.15) is 29.3 Å². The molecule has 0 amide bonds. The molecule has 1 fully saturated rings. The maximum atomic E-state index is 12.0. The summed E-state index contributed by atoms with van der Waals surface area (Å²) >= 11 is 1.77. The van der Waals surface area contributed by atoms with Gasteiger partial charge in [-0.1, -0.05) is 6.07 Å². The number of hydrogen-bond acceptors (Lipinski definition) is 5. The molecule has 1 aliphatic heterocycles. The van der Waals surface area contributed by atoms with E-state index in [0.29, 0.717) is 4.90 Å². The van der Waals surface area contributed by atoms with Gasteiger partial charge in [0.15, 0.2) is 9.84 Å². The number of sulfone groups is 1. The predicted molar refractivity (Wildman–Crippen MR) is 88.9 cm³/mol. The molecule has 118 valence electrons. The third-order valence-corrected chi connectivity index (χ3v) is 6.06. The van der Waals surface area contributed by atoms with Gasteiger partial charge in [-0.15, -0.1) is 11.3 Å². The fraction of sp³-hybridized carbons (Fsp3) is 0.438. The highest BCUT2D eigenvalue weighted by atomic mass is 32.2. The van der Waals surface area contributed by atoms with E-state index >= 15 is 0 Å². The van der Waals surface area contributed by atoms with Crippen molar-refractivity contribution in [3.63, 3.8) is 0 Å². The van der Waals surface area contributed by atoms with Crippen LogP contribution < -0.4 is 0 Å². The molecule has 2 aromatic rings. The van der Waals surface area contributed by atoms with Crippen molar-refractivity contribution in [3.8, 4) is 0 Å². The molecule has 1 saturated heterocycles. The molecule has 0 aliphatic carbocycles. The largest absolute Gasteiger partial charge is 0.298 e. The van der Waals surface area contributed by atoms with Gasteiger partial charge in [0.1, 0.15) is 0 Å². The topological polar surface area (TPSA) is 50.3 Å². The number of aromatic nitrogens is 1. The Kier molecular flexibility index (Phi) is 4.61. The number of piperidine rings is 1. The van der Waals surface area contributed by atoms with Crippen LogP contribution in [0.4, 0.5) is 0 Å². The lowest BCUT2D eigenvalue weighted by atomic mass is 9.94. The number of pyridine rings is 1. The highest BCUT2D eigenvalue weighted by Gasteiger charge is 2.27. The van der Waals surface area contributed by atoms with Gasteiger partial charge in [0.05, 0.1) is 10.6 Å². The van der Waals surface area contributed by atoms with E-state index in [1.807, 2.05) is 0 Å². The summed E-state index contributed by atoms with van der Waals surface area (Å²) in [7, 11) is -3.23. The highest BCUT2D eigenvalue weighted by Crippen LogP contribution is 2.30. The van der Waals surface area contributed by atoms with E-state index in [1.165, 1.54) is 11.1 Å². The Labute approximate surface area is 135 Å². The van der Waals surface area contributed by atoms with Gasteiger partial charge in [-0.05, 0) is 43.0 Å². The molecule has 1 aliphatic rings. The predicted octanol–water partition coefficient (Wildman–Crippen LogP) is 2.93. The zero-order valence-corrected chi connectivity index (χ0v) is 14.2. The lowest BCUT2D eigenvalue weighted by molar-refractivity contribution is 0.199. The SMILES string of the molecule is CS(=O)(=O)c1cccnc1[C@@H]1CCCN(Cc2cccs2)C1. The Morgan fingerprint density at radius 3 is 2.95 bits per heavy atom. The van der Waals surface area contributed by atoms with Gasteiger partial charge in [-0.3, -0.25) is 9.88 Å². The molecule has 3 rings (SSSR count). The van der Waals surface area contributed by atoms with Gasteiger partial charge < -0.3 is 0 Å². The molecular weight excluding hydrogens is 316 g/mol. The molecule has 1 atom stereocenters. The normalized spacial score (nSPS) is 20.1. The lowest BCUT2D eigenvalue weighted by Crippen LogP contribution is -2.34. The van der Waals surface area contributed by atoms with Crippen LogP contribution in [0.2, 0.25) is 0 Å². The minimum Gasteiger partial charge on any atom is -0.298 e. The number of rotatable bonds is 4. The number of nitrogens with zero attached hydrogens (tertiary/aromatic N) is 2. The summed E-state index contributed by atoms with van der Waals surface area (Å²) in [6.45, 7) is 2.88. The van der Waals surface area contributed by atoms with Crippen molar-refractivity contribution in [3.05, 3.63) is 46.4 Å². The van der Waals surface area contributed by atoms with E-state index in [4.69, 9.17) is 0 Å². The van der Waals surface area contributed by atoms with Crippen LogP contribution in [0.3, 0.4) is 0 Å². The molecule has 0 saturated carbocycles. The molecule has 2 aromatic heterocycles. The molecule has 0 radical (unpaired) electrons. The maximum Gasteiger partial charge on any atom is 0.177 e. The van der Waals surface area contributed by atoms with Gasteiger partial charge in [-0.25, -0.2) is 8.42 Å². The second kappa shape index (κ2) is 6.48. The third-order valence-electron chi connectivity index (χ3n) is 4.05. The average Bonchev–Trinajstić information content (AvgIpc) is 3.00. The van der Waals surface area contributed by atoms with Gasteiger partial charge in [-0.2, -0.15) is 0 Å². The van der Waals surface area contributed by atoms with E-state index in [-0.39, 0.29) is 5.92 Å². The summed E-state index contributed by atoms with van der Waals surface area (Å²) in [5, 5.41) is 2.09. The van der Waals surface area contributed by atoms with Crippen molar-refractivity contribution in [1.82, 2.24) is 9.88 Å². The minimum atomic E-state index is -3.23. The molecule has 22 heavy (non-hydrogen) atoms. The molecular formula is C16H20N2O2S2. The third kappa shape index (κ3) is 3.56. The van der Waals surface area contributed by atoms with Gasteiger partial charge in [0.25, 0.3) is 0 Å². The van der Waals surface area contributed by atoms with E-state index in [0.717, 1.165) is 38.2 Å². The van der Waals surface area contributed by atoms with Crippen LogP contribution in [0.5, 0.6) is 0 Å². The van der Waals surface area contributed by atoms with Gasteiger partial charge >= 0.3 is 0 Å². The summed E-state index contributed by atoms with van der Waals surface area (Å²) in [6, 6.07) is 7.60. The Hall–Kier alpha value is -1.24. The Morgan fingerprint density at radius 1 is 1.36 bits per heavy atom. The van der Waals surface area contributed by atoms with E-state index in [1.54, 1.807) is 29.7 Å². The molecule has 6 heteroatoms. The van der Waals surface area contributed by atoms with Crippen LogP contribution in [0.15, 0.2) is 40.7 Å². The van der Waals surface area contributed by atoms with E-state index in [9.17, 15) is 8.42 Å². The highest BCUT2D eigenvalue weighted by molar-refractivity contribution is 7.90. The minimum absolute atomic E-state index is 0.194. The quantitative estimate of drug-likeness (QED) is 0.861. The van der Waals surface area contributed by atoms with Crippen LogP contribution in [0.25, 0.3) is 0 Å². The molecule has 0 aromatic carbocycles. The Bertz CT molecular complexity index is 726. The fourth-order valence-corrected chi connectivity index (χ4v) is 4.74. The zero-order chi connectivity index (χ0) is 15.6. The van der Waals surface area contributed by atoms with Crippen molar-refractivity contribution < 1.29 is 8.42 Å². The summed E-state index contributed by atoms with van der Waals surface area (Å²) < 4.78 is 24.0. The number of thiophene rings is 1.